The molecule has 1 heterocycles. The van der Waals surface area contributed by atoms with Crippen LogP contribution in [-0.2, 0) is 4.74 Å². The third kappa shape index (κ3) is 2.73. The molecule has 1 aromatic carbocycles. The van der Waals surface area contributed by atoms with E-state index >= 15 is 0 Å². The fourth-order valence-electron chi connectivity index (χ4n) is 2.07. The van der Waals surface area contributed by atoms with Gasteiger partial charge >= 0.3 is 6.09 Å². The molecule has 0 spiro atoms. The quantitative estimate of drug-likeness (QED) is 0.827. The summed E-state index contributed by atoms with van der Waals surface area (Å²) in [6, 6.07) is 6.72. The maximum Gasteiger partial charge on any atom is 0.414 e. The molecule has 0 aromatic heterocycles. The number of benzene rings is 1. The minimum atomic E-state index is -0.479. The van der Waals surface area contributed by atoms with Crippen molar-refractivity contribution in [1.29, 1.82) is 0 Å². The average molecular weight is 264 g/mol. The number of hydrogen-bond donors (Lipinski definition) is 1. The summed E-state index contributed by atoms with van der Waals surface area (Å²) in [5.41, 5.74) is 1.51. The predicted molar refractivity (Wildman–Crippen MR) is 70.0 cm³/mol. The Labute approximate surface area is 111 Å². The number of cyclic esters (lactones) is 1. The van der Waals surface area contributed by atoms with Crippen molar-refractivity contribution in [2.75, 3.05) is 18.1 Å². The maximum atomic E-state index is 11.6. The molecule has 0 saturated carbocycles. The summed E-state index contributed by atoms with van der Waals surface area (Å²) in [5, 5.41) is 12.0. The van der Waals surface area contributed by atoms with E-state index in [4.69, 9.17) is 9.84 Å². The van der Waals surface area contributed by atoms with Crippen LogP contribution in [0.5, 0.6) is 0 Å². The maximum absolute atomic E-state index is 11.6. The van der Waals surface area contributed by atoms with Gasteiger partial charge in [0.25, 0.3) is 0 Å². The van der Waals surface area contributed by atoms with E-state index in [1.54, 1.807) is 24.3 Å². The number of anilines is 1. The molecule has 1 aliphatic heterocycles. The zero-order valence-corrected chi connectivity index (χ0v) is 10.7. The third-order valence-electron chi connectivity index (χ3n) is 3.18. The minimum absolute atomic E-state index is 0.187. The van der Waals surface area contributed by atoms with E-state index in [-0.39, 0.29) is 12.6 Å². The summed E-state index contributed by atoms with van der Waals surface area (Å²) in [7, 11) is 0. The Morgan fingerprint density at radius 3 is 2.63 bits per heavy atom. The number of ether oxygens (including phenoxy) is 1. The van der Waals surface area contributed by atoms with E-state index in [2.05, 4.69) is 5.18 Å². The number of hydrogen-bond acceptors (Lipinski definition) is 5. The zero-order valence-electron chi connectivity index (χ0n) is 10.7. The van der Waals surface area contributed by atoms with Crippen molar-refractivity contribution in [2.24, 2.45) is 5.18 Å². The fourth-order valence-corrected chi connectivity index (χ4v) is 2.07. The van der Waals surface area contributed by atoms with Crippen LogP contribution in [0.3, 0.4) is 0 Å². The summed E-state index contributed by atoms with van der Waals surface area (Å²) in [6.07, 6.45) is -0.305. The van der Waals surface area contributed by atoms with Crippen LogP contribution in [0.15, 0.2) is 29.4 Å². The normalized spacial score (nSPS) is 20.2. The van der Waals surface area contributed by atoms with Gasteiger partial charge < -0.3 is 9.84 Å². The van der Waals surface area contributed by atoms with E-state index in [0.717, 1.165) is 5.56 Å². The molecule has 2 atom stereocenters. The number of carbonyl (C=O) groups excluding carboxylic acids is 1. The molecule has 6 heteroatoms. The van der Waals surface area contributed by atoms with Crippen LogP contribution in [0.4, 0.5) is 10.5 Å². The number of aliphatic hydroxyl groups excluding tert-OH is 1. The highest BCUT2D eigenvalue weighted by Gasteiger charge is 2.31. The monoisotopic (exact) mass is 264 g/mol. The molecule has 1 fully saturated rings. The first-order valence-electron chi connectivity index (χ1n) is 6.21. The smallest absolute Gasteiger partial charge is 0.414 e. The molecule has 0 aliphatic carbocycles. The van der Waals surface area contributed by atoms with Gasteiger partial charge in [-0.15, -0.1) is 0 Å². The lowest BCUT2D eigenvalue weighted by Gasteiger charge is -2.14. The van der Waals surface area contributed by atoms with Crippen molar-refractivity contribution >= 4 is 11.8 Å². The van der Waals surface area contributed by atoms with Gasteiger partial charge in [-0.3, -0.25) is 4.90 Å². The lowest BCUT2D eigenvalue weighted by atomic mass is 10.1. The second-order valence-electron chi connectivity index (χ2n) is 4.42. The van der Waals surface area contributed by atoms with Gasteiger partial charge in [0, 0.05) is 5.69 Å². The first-order valence-corrected chi connectivity index (χ1v) is 6.21. The number of amides is 1. The van der Waals surface area contributed by atoms with Crippen LogP contribution < -0.4 is 4.90 Å². The van der Waals surface area contributed by atoms with E-state index in [9.17, 15) is 9.70 Å². The number of rotatable bonds is 5. The van der Waals surface area contributed by atoms with Crippen molar-refractivity contribution in [3.8, 4) is 0 Å². The molecule has 0 radical (unpaired) electrons. The van der Waals surface area contributed by atoms with Crippen LogP contribution in [0, 0.1) is 4.91 Å². The molecule has 1 aromatic rings. The van der Waals surface area contributed by atoms with Gasteiger partial charge in [-0.05, 0) is 24.1 Å². The number of aliphatic hydroxyl groups is 1. The summed E-state index contributed by atoms with van der Waals surface area (Å²) in [4.78, 5) is 23.7. The highest BCUT2D eigenvalue weighted by atomic mass is 16.6. The molecule has 1 saturated heterocycles. The van der Waals surface area contributed by atoms with Crippen LogP contribution in [0.25, 0.3) is 0 Å². The van der Waals surface area contributed by atoms with Gasteiger partial charge in [0.15, 0.2) is 0 Å². The molecule has 19 heavy (non-hydrogen) atoms. The first-order chi connectivity index (χ1) is 9.19. The SMILES string of the molecule is CCC(N=O)c1ccc(N2CC(CO)OC2=O)cc1. The lowest BCUT2D eigenvalue weighted by molar-refractivity contribution is 0.0963. The van der Waals surface area contributed by atoms with Gasteiger partial charge in [-0.2, -0.15) is 4.91 Å². The Balaban J connectivity index is 2.14. The summed E-state index contributed by atoms with van der Waals surface area (Å²) in [6.45, 7) is 2.04. The summed E-state index contributed by atoms with van der Waals surface area (Å²) >= 11 is 0. The van der Waals surface area contributed by atoms with E-state index in [1.165, 1.54) is 4.90 Å². The second-order valence-corrected chi connectivity index (χ2v) is 4.42. The summed E-state index contributed by atoms with van der Waals surface area (Å²) in [5.74, 6) is 0. The standard InChI is InChI=1S/C13H16N2O4/c1-2-12(14-18)9-3-5-10(6-4-9)15-7-11(8-16)19-13(15)17/h3-6,11-12,16H,2,7-8H2,1H3. The molecule has 1 N–H and O–H groups in total. The number of carbonyl (C=O) groups is 1. The molecular formula is C13H16N2O4. The molecule has 1 amide bonds. The molecule has 102 valence electrons. The molecule has 2 unspecified atom stereocenters. The largest absolute Gasteiger partial charge is 0.441 e. The van der Waals surface area contributed by atoms with Gasteiger partial charge in [-0.1, -0.05) is 24.2 Å². The van der Waals surface area contributed by atoms with Crippen LogP contribution >= 0.6 is 0 Å². The topological polar surface area (TPSA) is 79.2 Å². The molecule has 6 nitrogen and oxygen atoms in total. The van der Waals surface area contributed by atoms with Crippen molar-refractivity contribution in [1.82, 2.24) is 0 Å². The second kappa shape index (κ2) is 5.79. The zero-order chi connectivity index (χ0) is 13.8. The Morgan fingerprint density at radius 2 is 2.16 bits per heavy atom. The van der Waals surface area contributed by atoms with Crippen LogP contribution in [0.2, 0.25) is 0 Å². The molecule has 0 bridgehead atoms. The predicted octanol–water partition coefficient (Wildman–Crippen LogP) is 2.22. The van der Waals surface area contributed by atoms with Crippen molar-refractivity contribution in [3.05, 3.63) is 34.7 Å². The Hall–Kier alpha value is -1.95. The van der Waals surface area contributed by atoms with Crippen molar-refractivity contribution in [3.63, 3.8) is 0 Å². The van der Waals surface area contributed by atoms with Crippen LogP contribution in [-0.4, -0.2) is 30.5 Å². The fraction of sp³-hybridized carbons (Fsp3) is 0.462. The first kappa shape index (κ1) is 13.5. The average Bonchev–Trinajstić information content (AvgIpc) is 2.82. The van der Waals surface area contributed by atoms with Gasteiger partial charge in [0.1, 0.15) is 12.1 Å². The van der Waals surface area contributed by atoms with E-state index < -0.39 is 12.2 Å². The van der Waals surface area contributed by atoms with Crippen LogP contribution in [0.1, 0.15) is 24.9 Å². The molecule has 1 aliphatic rings. The van der Waals surface area contributed by atoms with E-state index in [0.29, 0.717) is 18.7 Å². The van der Waals surface area contributed by atoms with Gasteiger partial charge in [-0.25, -0.2) is 4.79 Å². The highest BCUT2D eigenvalue weighted by Crippen LogP contribution is 2.26. The highest BCUT2D eigenvalue weighted by molar-refractivity contribution is 5.89. The molecule has 2 rings (SSSR count). The lowest BCUT2D eigenvalue weighted by Crippen LogP contribution is -2.25. The van der Waals surface area contributed by atoms with Crippen molar-refractivity contribution in [2.45, 2.75) is 25.5 Å². The minimum Gasteiger partial charge on any atom is -0.441 e. The third-order valence-corrected chi connectivity index (χ3v) is 3.18. The van der Waals surface area contributed by atoms with E-state index in [1.807, 2.05) is 6.92 Å². The van der Waals surface area contributed by atoms with Crippen molar-refractivity contribution < 1.29 is 14.6 Å². The number of nitroso groups, excluding NO2 is 1. The Bertz CT molecular complexity index is 460. The van der Waals surface area contributed by atoms with Gasteiger partial charge in [0.2, 0.25) is 0 Å². The van der Waals surface area contributed by atoms with Gasteiger partial charge in [0.05, 0.1) is 13.2 Å². The molecular weight excluding hydrogens is 248 g/mol. The Morgan fingerprint density at radius 1 is 1.47 bits per heavy atom. The Kier molecular flexibility index (Phi) is 4.11. The number of nitrogens with zero attached hydrogens (tertiary/aromatic N) is 2. The summed E-state index contributed by atoms with van der Waals surface area (Å²) < 4.78 is 4.97.